The molecule has 2 N–H and O–H groups in total. The molecule has 7 nitrogen and oxygen atoms in total. The lowest BCUT2D eigenvalue weighted by Crippen LogP contribution is -2.43. The van der Waals surface area contributed by atoms with Crippen molar-refractivity contribution in [3.05, 3.63) is 28.8 Å². The van der Waals surface area contributed by atoms with E-state index in [4.69, 9.17) is 11.6 Å². The van der Waals surface area contributed by atoms with E-state index < -0.39 is 0 Å². The highest BCUT2D eigenvalue weighted by atomic mass is 35.5. The first-order valence-electron chi connectivity index (χ1n) is 10.5. The number of hydrogen-bond donors (Lipinski definition) is 2. The van der Waals surface area contributed by atoms with Crippen molar-refractivity contribution in [2.75, 3.05) is 44.2 Å². The van der Waals surface area contributed by atoms with Gasteiger partial charge in [0.15, 0.2) is 0 Å². The zero-order valence-corrected chi connectivity index (χ0v) is 19.3. The minimum atomic E-state index is -0.318. The molecule has 2 saturated heterocycles. The number of carbonyl (C=O) groups excluding carboxylic acids is 2. The summed E-state index contributed by atoms with van der Waals surface area (Å²) in [4.78, 5) is 25.7. The van der Waals surface area contributed by atoms with Crippen LogP contribution >= 0.6 is 11.6 Å². The second-order valence-electron chi connectivity index (χ2n) is 8.76. The first-order valence-corrected chi connectivity index (χ1v) is 10.9. The molecule has 0 bridgehead atoms. The molecule has 0 aromatic heterocycles. The maximum Gasteiger partial charge on any atom is 0.293 e. The predicted octanol–water partition coefficient (Wildman–Crippen LogP) is 2.42. The second kappa shape index (κ2) is 11.5. The van der Waals surface area contributed by atoms with Crippen molar-refractivity contribution < 1.29 is 14.3 Å². The molecule has 3 rings (SSSR count). The molecule has 2 aliphatic heterocycles. The first kappa shape index (κ1) is 24.4. The van der Waals surface area contributed by atoms with Crippen LogP contribution in [0.2, 0.25) is 5.02 Å². The van der Waals surface area contributed by atoms with E-state index in [-0.39, 0.29) is 17.6 Å². The van der Waals surface area contributed by atoms with Gasteiger partial charge >= 0.3 is 0 Å². The third-order valence-corrected chi connectivity index (χ3v) is 5.22. The Morgan fingerprint density at radius 1 is 1.30 bits per heavy atom. The highest BCUT2D eigenvalue weighted by Gasteiger charge is 2.25. The molecule has 0 spiro atoms. The molecule has 30 heavy (non-hydrogen) atoms. The normalized spacial score (nSPS) is 19.6. The van der Waals surface area contributed by atoms with Crippen LogP contribution < -0.4 is 15.5 Å². The zero-order valence-electron chi connectivity index (χ0n) is 18.5. The minimum absolute atomic E-state index is 0.0454. The number of carbonyl (C=O) groups is 2. The fourth-order valence-corrected chi connectivity index (χ4v) is 3.77. The number of rotatable bonds is 5. The van der Waals surface area contributed by atoms with Gasteiger partial charge in [0.1, 0.15) is 5.60 Å². The average molecular weight is 439 g/mol. The Bertz CT molecular complexity index is 702. The molecule has 2 heterocycles. The molecule has 1 amide bonds. The summed E-state index contributed by atoms with van der Waals surface area (Å²) in [7, 11) is 0. The molecule has 1 atom stereocenters. The molecule has 8 heteroatoms. The van der Waals surface area contributed by atoms with Gasteiger partial charge in [0.25, 0.3) is 6.47 Å². The van der Waals surface area contributed by atoms with Gasteiger partial charge in [0, 0.05) is 69.5 Å². The summed E-state index contributed by atoms with van der Waals surface area (Å²) >= 11 is 6.24. The highest BCUT2D eigenvalue weighted by Crippen LogP contribution is 2.29. The van der Waals surface area contributed by atoms with Crippen LogP contribution in [0.4, 0.5) is 5.69 Å². The number of benzene rings is 1. The van der Waals surface area contributed by atoms with E-state index in [0.717, 1.165) is 57.3 Å². The monoisotopic (exact) mass is 438 g/mol. The molecule has 1 aromatic carbocycles. The molecule has 2 fully saturated rings. The van der Waals surface area contributed by atoms with Crippen molar-refractivity contribution >= 4 is 29.7 Å². The van der Waals surface area contributed by atoms with Crippen molar-refractivity contribution in [2.45, 2.75) is 52.3 Å². The van der Waals surface area contributed by atoms with Gasteiger partial charge in [-0.3, -0.25) is 14.5 Å². The van der Waals surface area contributed by atoms with E-state index in [1.165, 1.54) is 11.3 Å². The number of amides is 1. The molecule has 0 saturated carbocycles. The van der Waals surface area contributed by atoms with Crippen molar-refractivity contribution in [1.82, 2.24) is 15.5 Å². The van der Waals surface area contributed by atoms with E-state index in [1.807, 2.05) is 26.8 Å². The number of anilines is 1. The van der Waals surface area contributed by atoms with Crippen LogP contribution in [0.25, 0.3) is 0 Å². The van der Waals surface area contributed by atoms with Crippen LogP contribution in [0.15, 0.2) is 18.2 Å². The number of ether oxygens (including phenoxy) is 1. The largest absolute Gasteiger partial charge is 0.462 e. The molecule has 1 unspecified atom stereocenters. The van der Waals surface area contributed by atoms with Crippen molar-refractivity contribution in [3.63, 3.8) is 0 Å². The summed E-state index contributed by atoms with van der Waals surface area (Å²) in [5.74, 6) is 0.0454. The lowest BCUT2D eigenvalue weighted by Gasteiger charge is -2.30. The average Bonchev–Trinajstić information content (AvgIpc) is 3.11. The van der Waals surface area contributed by atoms with Gasteiger partial charge < -0.3 is 20.3 Å². The Morgan fingerprint density at radius 2 is 2.00 bits per heavy atom. The number of halogens is 1. The number of hydrogen-bond acceptors (Lipinski definition) is 6. The quantitative estimate of drug-likeness (QED) is 0.688. The van der Waals surface area contributed by atoms with E-state index in [9.17, 15) is 9.59 Å². The van der Waals surface area contributed by atoms with Gasteiger partial charge in [-0.05, 0) is 44.9 Å². The summed E-state index contributed by atoms with van der Waals surface area (Å²) < 4.78 is 4.55. The molecule has 0 aliphatic carbocycles. The Balaban J connectivity index is 0.000000396. The third kappa shape index (κ3) is 8.50. The van der Waals surface area contributed by atoms with Gasteiger partial charge in [-0.2, -0.15) is 0 Å². The zero-order chi connectivity index (χ0) is 22.1. The molecule has 168 valence electrons. The van der Waals surface area contributed by atoms with E-state index in [0.29, 0.717) is 6.47 Å². The Kier molecular flexibility index (Phi) is 9.39. The van der Waals surface area contributed by atoms with E-state index in [1.54, 1.807) is 6.92 Å². The first-order chi connectivity index (χ1) is 14.2. The minimum Gasteiger partial charge on any atom is -0.462 e. The standard InChI is InChI=1S/C17H25ClN4O.C5H10O2/c1-13(23)20-16-4-7-22(12-16)17-10-15(18)3-2-14(17)11-21-8-5-19-6-9-21;1-5(2,3)7-4-6/h2-3,10,16,19H,4-9,11-12H2,1H3,(H,20,23);4H,1-3H3. The molecule has 1 aromatic rings. The van der Waals surface area contributed by atoms with Crippen LogP contribution in [0, 0.1) is 0 Å². The predicted molar refractivity (Wildman–Crippen MR) is 121 cm³/mol. The van der Waals surface area contributed by atoms with Crippen LogP contribution in [-0.2, 0) is 20.9 Å². The number of piperazine rings is 1. The lowest BCUT2D eigenvalue weighted by molar-refractivity contribution is -0.138. The van der Waals surface area contributed by atoms with Crippen LogP contribution in [0.3, 0.4) is 0 Å². The van der Waals surface area contributed by atoms with Gasteiger partial charge in [-0.25, -0.2) is 0 Å². The fourth-order valence-electron chi connectivity index (χ4n) is 3.60. The summed E-state index contributed by atoms with van der Waals surface area (Å²) in [5.41, 5.74) is 2.21. The van der Waals surface area contributed by atoms with Crippen LogP contribution in [0.5, 0.6) is 0 Å². The molecule has 2 aliphatic rings. The maximum atomic E-state index is 11.3. The topological polar surface area (TPSA) is 73.9 Å². The van der Waals surface area contributed by atoms with Crippen molar-refractivity contribution in [1.29, 1.82) is 0 Å². The van der Waals surface area contributed by atoms with Gasteiger partial charge in [-0.15, -0.1) is 0 Å². The van der Waals surface area contributed by atoms with Crippen molar-refractivity contribution in [3.8, 4) is 0 Å². The van der Waals surface area contributed by atoms with E-state index in [2.05, 4.69) is 37.3 Å². The Hall–Kier alpha value is -1.83. The summed E-state index contributed by atoms with van der Waals surface area (Å²) in [5, 5.41) is 7.18. The van der Waals surface area contributed by atoms with E-state index >= 15 is 0 Å². The highest BCUT2D eigenvalue weighted by molar-refractivity contribution is 6.30. The number of nitrogens with zero attached hydrogens (tertiary/aromatic N) is 2. The Morgan fingerprint density at radius 3 is 2.57 bits per heavy atom. The van der Waals surface area contributed by atoms with Gasteiger partial charge in [0.05, 0.1) is 0 Å². The van der Waals surface area contributed by atoms with Gasteiger partial charge in [-0.1, -0.05) is 17.7 Å². The third-order valence-electron chi connectivity index (χ3n) is 4.99. The SMILES string of the molecule is CC(=O)NC1CCN(c2cc(Cl)ccc2CN2CCNCC2)C1.CC(C)(C)OC=O. The summed E-state index contributed by atoms with van der Waals surface area (Å²) in [6, 6.07) is 6.42. The Labute approximate surface area is 185 Å². The van der Waals surface area contributed by atoms with Crippen LogP contribution in [0.1, 0.15) is 39.7 Å². The molecular weight excluding hydrogens is 404 g/mol. The van der Waals surface area contributed by atoms with Crippen LogP contribution in [-0.4, -0.2) is 68.2 Å². The number of nitrogens with one attached hydrogen (secondary N) is 2. The van der Waals surface area contributed by atoms with Crippen molar-refractivity contribution in [2.24, 2.45) is 0 Å². The summed E-state index contributed by atoms with van der Waals surface area (Å²) in [6.07, 6.45) is 0.985. The maximum absolute atomic E-state index is 11.3. The fraction of sp³-hybridized carbons (Fsp3) is 0.636. The molecule has 0 radical (unpaired) electrons. The smallest absolute Gasteiger partial charge is 0.293 e. The lowest BCUT2D eigenvalue weighted by atomic mass is 10.1. The second-order valence-corrected chi connectivity index (χ2v) is 9.19. The molecular formula is C22H35ClN4O3. The summed E-state index contributed by atoms with van der Waals surface area (Å²) in [6.45, 7) is 14.5. The van der Waals surface area contributed by atoms with Gasteiger partial charge in [0.2, 0.25) is 5.91 Å².